The third-order valence-corrected chi connectivity index (χ3v) is 3.43. The van der Waals surface area contributed by atoms with Crippen LogP contribution in [0.4, 0.5) is 17.3 Å². The lowest BCUT2D eigenvalue weighted by Gasteiger charge is -2.30. The zero-order chi connectivity index (χ0) is 13.1. The number of nitro groups is 1. The molecule has 1 saturated carbocycles. The van der Waals surface area contributed by atoms with Crippen LogP contribution in [-0.2, 0) is 0 Å². The molecule has 0 aliphatic heterocycles. The van der Waals surface area contributed by atoms with E-state index in [1.54, 1.807) is 13.1 Å². The van der Waals surface area contributed by atoms with Crippen molar-refractivity contribution >= 4 is 17.3 Å². The third kappa shape index (κ3) is 2.52. The average molecular weight is 250 g/mol. The molecule has 0 unspecified atom stereocenters. The van der Waals surface area contributed by atoms with Gasteiger partial charge in [-0.3, -0.25) is 10.1 Å². The van der Waals surface area contributed by atoms with Gasteiger partial charge in [-0.25, -0.2) is 4.98 Å². The molecular formula is C12H18N4O2. The summed E-state index contributed by atoms with van der Waals surface area (Å²) in [4.78, 5) is 16.8. The Morgan fingerprint density at radius 3 is 2.78 bits per heavy atom. The molecule has 0 saturated heterocycles. The summed E-state index contributed by atoms with van der Waals surface area (Å²) in [6, 6.07) is 3.13. The van der Waals surface area contributed by atoms with Crippen LogP contribution < -0.4 is 10.2 Å². The number of rotatable bonds is 5. The van der Waals surface area contributed by atoms with Crippen molar-refractivity contribution in [3.8, 4) is 0 Å². The van der Waals surface area contributed by atoms with E-state index in [1.807, 2.05) is 11.9 Å². The molecule has 0 aromatic carbocycles. The Kier molecular flexibility index (Phi) is 3.64. The van der Waals surface area contributed by atoms with E-state index in [-0.39, 0.29) is 10.6 Å². The zero-order valence-electron chi connectivity index (χ0n) is 10.7. The van der Waals surface area contributed by atoms with E-state index in [0.29, 0.717) is 17.6 Å². The van der Waals surface area contributed by atoms with Crippen molar-refractivity contribution in [2.45, 2.75) is 19.3 Å². The average Bonchev–Trinajstić information content (AvgIpc) is 2.32. The number of pyridine rings is 1. The highest BCUT2D eigenvalue weighted by atomic mass is 16.6. The molecule has 6 heteroatoms. The maximum absolute atomic E-state index is 11.0. The molecule has 1 fully saturated rings. The SMILES string of the molecule is CNc1ccc([N+](=O)[O-])c(N(C)CC2CCC2)n1. The minimum atomic E-state index is -0.376. The fourth-order valence-corrected chi connectivity index (χ4v) is 2.15. The first kappa shape index (κ1) is 12.6. The van der Waals surface area contributed by atoms with E-state index >= 15 is 0 Å². The molecule has 1 aliphatic rings. The highest BCUT2D eigenvalue weighted by molar-refractivity contribution is 5.61. The van der Waals surface area contributed by atoms with Crippen molar-refractivity contribution in [1.82, 2.24) is 4.98 Å². The van der Waals surface area contributed by atoms with Crippen molar-refractivity contribution < 1.29 is 4.92 Å². The monoisotopic (exact) mass is 250 g/mol. The quantitative estimate of drug-likeness (QED) is 0.641. The van der Waals surface area contributed by atoms with Gasteiger partial charge in [0.05, 0.1) is 4.92 Å². The van der Waals surface area contributed by atoms with Gasteiger partial charge in [0.1, 0.15) is 5.82 Å². The van der Waals surface area contributed by atoms with Gasteiger partial charge >= 0.3 is 5.69 Å². The van der Waals surface area contributed by atoms with Crippen LogP contribution in [0, 0.1) is 16.0 Å². The smallest absolute Gasteiger partial charge is 0.311 e. The van der Waals surface area contributed by atoms with Crippen LogP contribution in [0.5, 0.6) is 0 Å². The van der Waals surface area contributed by atoms with Crippen molar-refractivity contribution in [3.05, 3.63) is 22.2 Å². The summed E-state index contributed by atoms with van der Waals surface area (Å²) in [5.74, 6) is 1.74. The van der Waals surface area contributed by atoms with Gasteiger partial charge in [0.25, 0.3) is 0 Å². The number of hydrogen-bond acceptors (Lipinski definition) is 5. The number of nitrogens with zero attached hydrogens (tertiary/aromatic N) is 3. The van der Waals surface area contributed by atoms with Gasteiger partial charge in [-0.1, -0.05) is 6.42 Å². The zero-order valence-corrected chi connectivity index (χ0v) is 10.7. The summed E-state index contributed by atoms with van der Waals surface area (Å²) in [6.45, 7) is 0.834. The maximum Gasteiger partial charge on any atom is 0.311 e. The topological polar surface area (TPSA) is 71.3 Å². The van der Waals surface area contributed by atoms with Crippen molar-refractivity contribution in [2.75, 3.05) is 30.9 Å². The molecule has 2 rings (SSSR count). The molecule has 0 amide bonds. The van der Waals surface area contributed by atoms with Crippen LogP contribution in [-0.4, -0.2) is 30.5 Å². The normalized spacial score (nSPS) is 15.0. The Morgan fingerprint density at radius 2 is 2.28 bits per heavy atom. The highest BCUT2D eigenvalue weighted by Crippen LogP contribution is 2.31. The standard InChI is InChI=1S/C12H18N4O2/c1-13-11-7-6-10(16(17)18)12(14-11)15(2)8-9-4-3-5-9/h6-7,9H,3-5,8H2,1-2H3,(H,13,14). The van der Waals surface area contributed by atoms with Crippen LogP contribution in [0.3, 0.4) is 0 Å². The summed E-state index contributed by atoms with van der Waals surface area (Å²) in [5.41, 5.74) is 0.0656. The molecule has 0 radical (unpaired) electrons. The number of anilines is 2. The lowest BCUT2D eigenvalue weighted by atomic mass is 9.85. The molecule has 98 valence electrons. The Bertz CT molecular complexity index is 446. The second kappa shape index (κ2) is 5.20. The fraction of sp³-hybridized carbons (Fsp3) is 0.583. The van der Waals surface area contributed by atoms with E-state index in [0.717, 1.165) is 6.54 Å². The molecule has 1 heterocycles. The largest absolute Gasteiger partial charge is 0.373 e. The molecule has 1 aromatic rings. The fourth-order valence-electron chi connectivity index (χ4n) is 2.15. The molecule has 1 aromatic heterocycles. The minimum absolute atomic E-state index is 0.0656. The Morgan fingerprint density at radius 1 is 1.56 bits per heavy atom. The number of nitrogens with one attached hydrogen (secondary N) is 1. The van der Waals surface area contributed by atoms with E-state index in [2.05, 4.69) is 10.3 Å². The maximum atomic E-state index is 11.0. The molecule has 0 atom stereocenters. The minimum Gasteiger partial charge on any atom is -0.373 e. The van der Waals surface area contributed by atoms with Gasteiger partial charge in [-0.05, 0) is 24.8 Å². The number of aromatic nitrogens is 1. The first-order chi connectivity index (χ1) is 8.61. The van der Waals surface area contributed by atoms with Gasteiger partial charge in [-0.15, -0.1) is 0 Å². The first-order valence-electron chi connectivity index (χ1n) is 6.16. The van der Waals surface area contributed by atoms with E-state index in [1.165, 1.54) is 25.3 Å². The molecule has 0 bridgehead atoms. The second-order valence-corrected chi connectivity index (χ2v) is 4.72. The third-order valence-electron chi connectivity index (χ3n) is 3.43. The van der Waals surface area contributed by atoms with Gasteiger partial charge in [0.15, 0.2) is 0 Å². The Hall–Kier alpha value is -1.85. The summed E-state index contributed by atoms with van der Waals surface area (Å²) >= 11 is 0. The summed E-state index contributed by atoms with van der Waals surface area (Å²) in [5, 5.41) is 13.9. The summed E-state index contributed by atoms with van der Waals surface area (Å²) < 4.78 is 0. The van der Waals surface area contributed by atoms with E-state index < -0.39 is 0 Å². The Balaban J connectivity index is 2.23. The van der Waals surface area contributed by atoms with Crippen molar-refractivity contribution in [1.29, 1.82) is 0 Å². The molecule has 1 aliphatic carbocycles. The Labute approximate surface area is 106 Å². The molecule has 1 N–H and O–H groups in total. The second-order valence-electron chi connectivity index (χ2n) is 4.72. The van der Waals surface area contributed by atoms with Crippen LogP contribution in [0.25, 0.3) is 0 Å². The predicted molar refractivity (Wildman–Crippen MR) is 71.0 cm³/mol. The van der Waals surface area contributed by atoms with Gasteiger partial charge in [-0.2, -0.15) is 0 Å². The van der Waals surface area contributed by atoms with Crippen LogP contribution in [0.15, 0.2) is 12.1 Å². The van der Waals surface area contributed by atoms with E-state index in [9.17, 15) is 10.1 Å². The lowest BCUT2D eigenvalue weighted by Crippen LogP contribution is -2.30. The molecule has 6 nitrogen and oxygen atoms in total. The molecular weight excluding hydrogens is 232 g/mol. The predicted octanol–water partition coefficient (Wildman–Crippen LogP) is 2.27. The van der Waals surface area contributed by atoms with Crippen LogP contribution >= 0.6 is 0 Å². The van der Waals surface area contributed by atoms with Gasteiger partial charge in [0, 0.05) is 26.7 Å². The van der Waals surface area contributed by atoms with Crippen LogP contribution in [0.1, 0.15) is 19.3 Å². The van der Waals surface area contributed by atoms with Crippen molar-refractivity contribution in [3.63, 3.8) is 0 Å². The molecule has 0 spiro atoms. The van der Waals surface area contributed by atoms with E-state index in [4.69, 9.17) is 0 Å². The molecule has 18 heavy (non-hydrogen) atoms. The van der Waals surface area contributed by atoms with Gasteiger partial charge < -0.3 is 10.2 Å². The summed E-state index contributed by atoms with van der Waals surface area (Å²) in [7, 11) is 3.62. The number of hydrogen-bond donors (Lipinski definition) is 1. The highest BCUT2D eigenvalue weighted by Gasteiger charge is 2.24. The van der Waals surface area contributed by atoms with Crippen molar-refractivity contribution in [2.24, 2.45) is 5.92 Å². The lowest BCUT2D eigenvalue weighted by molar-refractivity contribution is -0.384. The van der Waals surface area contributed by atoms with Gasteiger partial charge in [0.2, 0.25) is 5.82 Å². The summed E-state index contributed by atoms with van der Waals surface area (Å²) in [6.07, 6.45) is 3.69. The van der Waals surface area contributed by atoms with Crippen LogP contribution in [0.2, 0.25) is 0 Å². The first-order valence-corrected chi connectivity index (χ1v) is 6.16.